The highest BCUT2D eigenvalue weighted by Gasteiger charge is 2.31. The Bertz CT molecular complexity index is 226. The zero-order valence-corrected chi connectivity index (χ0v) is 8.33. The number of nitrogens with zero attached hydrogens (tertiary/aromatic N) is 1. The predicted molar refractivity (Wildman–Crippen MR) is 49.1 cm³/mol. The number of urea groups is 1. The van der Waals surface area contributed by atoms with Gasteiger partial charge in [-0.1, -0.05) is 13.8 Å². The quantitative estimate of drug-likeness (QED) is 0.691. The van der Waals surface area contributed by atoms with Crippen LogP contribution < -0.4 is 5.32 Å². The Morgan fingerprint density at radius 3 is 2.69 bits per heavy atom. The Kier molecular flexibility index (Phi) is 2.90. The second-order valence-corrected chi connectivity index (χ2v) is 3.91. The van der Waals surface area contributed by atoms with Gasteiger partial charge in [-0.3, -0.25) is 9.69 Å². The monoisotopic (exact) mass is 184 g/mol. The number of carbonyl (C=O) groups is 2. The van der Waals surface area contributed by atoms with E-state index < -0.39 is 0 Å². The molecule has 13 heavy (non-hydrogen) atoms. The van der Waals surface area contributed by atoms with Gasteiger partial charge in [0.1, 0.15) is 0 Å². The zero-order valence-electron chi connectivity index (χ0n) is 8.33. The van der Waals surface area contributed by atoms with Crippen molar-refractivity contribution < 1.29 is 9.59 Å². The number of nitrogens with one attached hydrogen (secondary N) is 1. The zero-order chi connectivity index (χ0) is 10.0. The van der Waals surface area contributed by atoms with Gasteiger partial charge in [0, 0.05) is 13.6 Å². The molecule has 0 spiro atoms. The molecule has 0 aliphatic carbocycles. The molecule has 1 saturated heterocycles. The first-order chi connectivity index (χ1) is 6.02. The van der Waals surface area contributed by atoms with Gasteiger partial charge < -0.3 is 5.32 Å². The lowest BCUT2D eigenvalue weighted by Gasteiger charge is -2.29. The van der Waals surface area contributed by atoms with E-state index in [1.807, 2.05) is 0 Å². The Labute approximate surface area is 78.3 Å². The summed E-state index contributed by atoms with van der Waals surface area (Å²) in [5, 5.41) is 2.68. The molecule has 0 saturated carbocycles. The van der Waals surface area contributed by atoms with Crippen LogP contribution in [-0.2, 0) is 4.79 Å². The maximum atomic E-state index is 11.5. The topological polar surface area (TPSA) is 49.4 Å². The smallest absolute Gasteiger partial charge is 0.323 e. The van der Waals surface area contributed by atoms with Gasteiger partial charge in [-0.15, -0.1) is 0 Å². The summed E-state index contributed by atoms with van der Waals surface area (Å²) in [4.78, 5) is 23.7. The van der Waals surface area contributed by atoms with E-state index in [0.29, 0.717) is 12.5 Å². The molecule has 0 radical (unpaired) electrons. The maximum Gasteiger partial charge on any atom is 0.323 e. The molecule has 1 fully saturated rings. The molecule has 1 atom stereocenters. The highest BCUT2D eigenvalue weighted by atomic mass is 16.2. The van der Waals surface area contributed by atoms with E-state index >= 15 is 0 Å². The fourth-order valence-electron chi connectivity index (χ4n) is 1.54. The molecule has 1 aliphatic rings. The molecule has 1 aliphatic heterocycles. The fourth-order valence-corrected chi connectivity index (χ4v) is 1.54. The first-order valence-electron chi connectivity index (χ1n) is 4.57. The van der Waals surface area contributed by atoms with Crippen LogP contribution in [0.2, 0.25) is 0 Å². The molecule has 0 aromatic carbocycles. The minimum Gasteiger partial charge on any atom is -0.337 e. The number of carbonyl (C=O) groups excluding carboxylic acids is 2. The van der Waals surface area contributed by atoms with Crippen molar-refractivity contribution in [3.05, 3.63) is 0 Å². The molecule has 1 unspecified atom stereocenters. The SMILES string of the molecule is CC(C)CC1CNC(=O)N(C)C1=O. The van der Waals surface area contributed by atoms with Crippen LogP contribution >= 0.6 is 0 Å². The van der Waals surface area contributed by atoms with Crippen molar-refractivity contribution in [1.82, 2.24) is 10.2 Å². The molecule has 4 nitrogen and oxygen atoms in total. The molecule has 1 N–H and O–H groups in total. The van der Waals surface area contributed by atoms with Gasteiger partial charge in [-0.05, 0) is 12.3 Å². The van der Waals surface area contributed by atoms with Gasteiger partial charge in [0.2, 0.25) is 5.91 Å². The average Bonchev–Trinajstić information content (AvgIpc) is 2.06. The van der Waals surface area contributed by atoms with Gasteiger partial charge in [0.05, 0.1) is 5.92 Å². The van der Waals surface area contributed by atoms with E-state index in [0.717, 1.165) is 11.3 Å². The third kappa shape index (κ3) is 2.20. The lowest BCUT2D eigenvalue weighted by molar-refractivity contribution is -0.133. The van der Waals surface area contributed by atoms with Crippen LogP contribution in [0.1, 0.15) is 20.3 Å². The van der Waals surface area contributed by atoms with Crippen LogP contribution in [0, 0.1) is 11.8 Å². The summed E-state index contributed by atoms with van der Waals surface area (Å²) in [6.07, 6.45) is 0.837. The number of imide groups is 1. The van der Waals surface area contributed by atoms with Crippen LogP contribution in [-0.4, -0.2) is 30.4 Å². The Morgan fingerprint density at radius 2 is 2.15 bits per heavy atom. The molecular formula is C9H16N2O2. The summed E-state index contributed by atoms with van der Waals surface area (Å²) in [5.41, 5.74) is 0. The number of amides is 3. The van der Waals surface area contributed by atoms with Gasteiger partial charge in [-0.25, -0.2) is 4.79 Å². The van der Waals surface area contributed by atoms with Crippen LogP contribution in [0.4, 0.5) is 4.79 Å². The van der Waals surface area contributed by atoms with Crippen molar-refractivity contribution in [2.75, 3.05) is 13.6 Å². The molecule has 3 amide bonds. The van der Waals surface area contributed by atoms with Gasteiger partial charge in [0.25, 0.3) is 0 Å². The minimum absolute atomic E-state index is 0.0392. The highest BCUT2D eigenvalue weighted by molar-refractivity contribution is 5.97. The average molecular weight is 184 g/mol. The summed E-state index contributed by atoms with van der Waals surface area (Å²) in [5.74, 6) is 0.387. The first-order valence-corrected chi connectivity index (χ1v) is 4.57. The third-order valence-corrected chi connectivity index (χ3v) is 2.24. The van der Waals surface area contributed by atoms with E-state index in [9.17, 15) is 9.59 Å². The third-order valence-electron chi connectivity index (χ3n) is 2.24. The van der Waals surface area contributed by atoms with Gasteiger partial charge >= 0.3 is 6.03 Å². The van der Waals surface area contributed by atoms with Crippen molar-refractivity contribution >= 4 is 11.9 Å². The second kappa shape index (κ2) is 3.77. The molecule has 0 aromatic rings. The van der Waals surface area contributed by atoms with Crippen LogP contribution in [0.3, 0.4) is 0 Å². The van der Waals surface area contributed by atoms with Crippen molar-refractivity contribution in [2.45, 2.75) is 20.3 Å². The fraction of sp³-hybridized carbons (Fsp3) is 0.778. The van der Waals surface area contributed by atoms with Gasteiger partial charge in [0.15, 0.2) is 0 Å². The lowest BCUT2D eigenvalue weighted by atomic mass is 9.95. The summed E-state index contributed by atoms with van der Waals surface area (Å²) in [7, 11) is 1.52. The summed E-state index contributed by atoms with van der Waals surface area (Å²) >= 11 is 0. The highest BCUT2D eigenvalue weighted by Crippen LogP contribution is 2.16. The molecule has 0 aromatic heterocycles. The summed E-state index contributed by atoms with van der Waals surface area (Å²) < 4.78 is 0. The van der Waals surface area contributed by atoms with E-state index in [2.05, 4.69) is 19.2 Å². The van der Waals surface area contributed by atoms with Crippen molar-refractivity contribution in [1.29, 1.82) is 0 Å². The molecule has 0 bridgehead atoms. The number of hydrogen-bond acceptors (Lipinski definition) is 2. The van der Waals surface area contributed by atoms with Crippen molar-refractivity contribution in [3.63, 3.8) is 0 Å². The molecule has 74 valence electrons. The largest absolute Gasteiger partial charge is 0.337 e. The van der Waals surface area contributed by atoms with Crippen molar-refractivity contribution in [2.24, 2.45) is 11.8 Å². The summed E-state index contributed by atoms with van der Waals surface area (Å²) in [6.45, 7) is 4.63. The Morgan fingerprint density at radius 1 is 1.54 bits per heavy atom. The van der Waals surface area contributed by atoms with E-state index in [1.165, 1.54) is 7.05 Å². The molecule has 4 heteroatoms. The molecular weight excluding hydrogens is 168 g/mol. The van der Waals surface area contributed by atoms with Crippen LogP contribution in [0.15, 0.2) is 0 Å². The minimum atomic E-state index is -0.287. The number of hydrogen-bond donors (Lipinski definition) is 1. The Hall–Kier alpha value is -1.06. The standard InChI is InChI=1S/C9H16N2O2/c1-6(2)4-7-5-10-9(13)11(3)8(7)12/h6-7H,4-5H2,1-3H3,(H,10,13). The van der Waals surface area contributed by atoms with Gasteiger partial charge in [-0.2, -0.15) is 0 Å². The normalized spacial score (nSPS) is 23.7. The van der Waals surface area contributed by atoms with Crippen molar-refractivity contribution in [3.8, 4) is 0 Å². The van der Waals surface area contributed by atoms with Crippen LogP contribution in [0.25, 0.3) is 0 Å². The predicted octanol–water partition coefficient (Wildman–Crippen LogP) is 0.830. The lowest BCUT2D eigenvalue weighted by Crippen LogP contribution is -2.53. The number of rotatable bonds is 2. The van der Waals surface area contributed by atoms with E-state index in [4.69, 9.17) is 0 Å². The maximum absolute atomic E-state index is 11.5. The van der Waals surface area contributed by atoms with E-state index in [1.54, 1.807) is 0 Å². The first kappa shape index (κ1) is 10.0. The Balaban J connectivity index is 2.59. The van der Waals surface area contributed by atoms with E-state index in [-0.39, 0.29) is 17.9 Å². The summed E-state index contributed by atoms with van der Waals surface area (Å²) in [6, 6.07) is -0.287. The van der Waals surface area contributed by atoms with Crippen LogP contribution in [0.5, 0.6) is 0 Å². The second-order valence-electron chi connectivity index (χ2n) is 3.91. The molecule has 1 rings (SSSR count). The molecule has 1 heterocycles.